The molecule has 5 heteroatoms. The number of rotatable bonds is 6. The second kappa shape index (κ2) is 7.88. The lowest BCUT2D eigenvalue weighted by Gasteiger charge is -2.33. The van der Waals surface area contributed by atoms with Gasteiger partial charge >= 0.3 is 0 Å². The molecular weight excluding hydrogens is 306 g/mol. The van der Waals surface area contributed by atoms with Crippen molar-refractivity contribution in [2.75, 3.05) is 6.61 Å². The van der Waals surface area contributed by atoms with Crippen LogP contribution in [0.15, 0.2) is 60.7 Å². The highest BCUT2D eigenvalue weighted by atomic mass is 16.6. The van der Waals surface area contributed by atoms with E-state index in [1.807, 2.05) is 65.6 Å². The second-order valence-electron chi connectivity index (χ2n) is 6.11. The Morgan fingerprint density at radius 2 is 1.33 bits per heavy atom. The van der Waals surface area contributed by atoms with Crippen molar-refractivity contribution in [2.45, 2.75) is 37.6 Å². The molecule has 4 atom stereocenters. The Balaban J connectivity index is 1.86. The van der Waals surface area contributed by atoms with Crippen LogP contribution >= 0.6 is 0 Å². The highest BCUT2D eigenvalue weighted by molar-refractivity contribution is 5.18. The molecule has 2 aromatic rings. The molecule has 5 nitrogen and oxygen atoms in total. The Morgan fingerprint density at radius 3 is 1.79 bits per heavy atom. The Kier molecular flexibility index (Phi) is 5.60. The minimum absolute atomic E-state index is 0.251. The highest BCUT2D eigenvalue weighted by Gasteiger charge is 2.45. The molecule has 1 aliphatic rings. The van der Waals surface area contributed by atoms with Crippen molar-refractivity contribution < 1.29 is 20.1 Å². The van der Waals surface area contributed by atoms with Gasteiger partial charge in [-0.15, -0.1) is 0 Å². The predicted octanol–water partition coefficient (Wildman–Crippen LogP) is 1.13. The lowest BCUT2D eigenvalue weighted by atomic mass is 10.0. The molecule has 3 rings (SSSR count). The monoisotopic (exact) mass is 329 g/mol. The van der Waals surface area contributed by atoms with Gasteiger partial charge in [0.1, 0.15) is 12.2 Å². The summed E-state index contributed by atoms with van der Waals surface area (Å²) in [4.78, 5) is 2.05. The number of nitrogens with zero attached hydrogens (tertiary/aromatic N) is 1. The first-order valence-electron chi connectivity index (χ1n) is 8.13. The molecule has 3 N–H and O–H groups in total. The average Bonchev–Trinajstić information content (AvgIpc) is 2.90. The van der Waals surface area contributed by atoms with Crippen LogP contribution in [-0.4, -0.2) is 51.4 Å². The van der Waals surface area contributed by atoms with Crippen LogP contribution in [-0.2, 0) is 17.8 Å². The van der Waals surface area contributed by atoms with Crippen LogP contribution in [0.2, 0.25) is 0 Å². The summed E-state index contributed by atoms with van der Waals surface area (Å²) in [5.74, 6) is 0. The van der Waals surface area contributed by atoms with Crippen LogP contribution in [0.5, 0.6) is 0 Å². The van der Waals surface area contributed by atoms with E-state index in [-0.39, 0.29) is 6.61 Å². The topological polar surface area (TPSA) is 73.2 Å². The van der Waals surface area contributed by atoms with E-state index in [1.165, 1.54) is 0 Å². The SMILES string of the molecule is OCC1OC(O)C(O)C1N(Cc1ccccc1)Cc1ccccc1. The van der Waals surface area contributed by atoms with Crippen molar-refractivity contribution in [3.05, 3.63) is 71.8 Å². The zero-order chi connectivity index (χ0) is 16.9. The summed E-state index contributed by atoms with van der Waals surface area (Å²) in [6.07, 6.45) is -2.96. The van der Waals surface area contributed by atoms with Crippen LogP contribution < -0.4 is 0 Å². The largest absolute Gasteiger partial charge is 0.394 e. The van der Waals surface area contributed by atoms with Gasteiger partial charge in [0.25, 0.3) is 0 Å². The fraction of sp³-hybridized carbons (Fsp3) is 0.368. The maximum absolute atomic E-state index is 10.4. The fourth-order valence-corrected chi connectivity index (χ4v) is 3.23. The summed E-state index contributed by atoms with van der Waals surface area (Å²) in [5, 5.41) is 29.8. The molecule has 1 fully saturated rings. The van der Waals surface area contributed by atoms with Crippen LogP contribution in [0.25, 0.3) is 0 Å². The molecule has 1 saturated heterocycles. The van der Waals surface area contributed by atoms with Gasteiger partial charge in [-0.25, -0.2) is 0 Å². The summed E-state index contributed by atoms with van der Waals surface area (Å²) >= 11 is 0. The van der Waals surface area contributed by atoms with Gasteiger partial charge in [0.05, 0.1) is 12.6 Å². The maximum atomic E-state index is 10.4. The van der Waals surface area contributed by atoms with Gasteiger partial charge in [0.15, 0.2) is 6.29 Å². The predicted molar refractivity (Wildman–Crippen MR) is 89.9 cm³/mol. The van der Waals surface area contributed by atoms with Crippen molar-refractivity contribution in [1.29, 1.82) is 0 Å². The molecule has 0 amide bonds. The highest BCUT2D eigenvalue weighted by Crippen LogP contribution is 2.27. The van der Waals surface area contributed by atoms with Crippen molar-refractivity contribution in [3.63, 3.8) is 0 Å². The zero-order valence-electron chi connectivity index (χ0n) is 13.4. The lowest BCUT2D eigenvalue weighted by Crippen LogP contribution is -2.48. The van der Waals surface area contributed by atoms with Gasteiger partial charge in [-0.1, -0.05) is 60.7 Å². The Hall–Kier alpha value is -1.76. The second-order valence-corrected chi connectivity index (χ2v) is 6.11. The molecule has 128 valence electrons. The van der Waals surface area contributed by atoms with Gasteiger partial charge in [0, 0.05) is 13.1 Å². The first kappa shape index (κ1) is 17.1. The van der Waals surface area contributed by atoms with E-state index in [1.54, 1.807) is 0 Å². The third-order valence-electron chi connectivity index (χ3n) is 4.40. The molecule has 4 unspecified atom stereocenters. The number of aliphatic hydroxyl groups is 3. The van der Waals surface area contributed by atoms with E-state index in [4.69, 9.17) is 4.74 Å². The molecule has 0 bridgehead atoms. The van der Waals surface area contributed by atoms with Gasteiger partial charge in [-0.05, 0) is 11.1 Å². The average molecular weight is 329 g/mol. The minimum Gasteiger partial charge on any atom is -0.394 e. The van der Waals surface area contributed by atoms with Crippen LogP contribution in [0, 0.1) is 0 Å². The van der Waals surface area contributed by atoms with E-state index in [0.717, 1.165) is 11.1 Å². The molecule has 0 aromatic heterocycles. The Morgan fingerprint density at radius 1 is 0.833 bits per heavy atom. The van der Waals surface area contributed by atoms with Crippen LogP contribution in [0.4, 0.5) is 0 Å². The smallest absolute Gasteiger partial charge is 0.182 e. The Bertz CT molecular complexity index is 580. The molecular formula is C19H23NO4. The summed E-state index contributed by atoms with van der Waals surface area (Å²) in [5.41, 5.74) is 2.19. The van der Waals surface area contributed by atoms with E-state index in [9.17, 15) is 15.3 Å². The number of aliphatic hydroxyl groups excluding tert-OH is 3. The van der Waals surface area contributed by atoms with Crippen molar-refractivity contribution >= 4 is 0 Å². The lowest BCUT2D eigenvalue weighted by molar-refractivity contribution is -0.132. The summed E-state index contributed by atoms with van der Waals surface area (Å²) in [6, 6.07) is 19.4. The third-order valence-corrected chi connectivity index (χ3v) is 4.40. The standard InChI is InChI=1S/C19H23NO4/c21-13-16-17(18(22)19(23)24-16)20(11-14-7-3-1-4-8-14)12-15-9-5-2-6-10-15/h1-10,16-19,21-23H,11-13H2. The summed E-state index contributed by atoms with van der Waals surface area (Å²) in [6.45, 7) is 0.924. The maximum Gasteiger partial charge on any atom is 0.182 e. The summed E-state index contributed by atoms with van der Waals surface area (Å²) in [7, 11) is 0. The minimum atomic E-state index is -1.28. The first-order valence-corrected chi connectivity index (χ1v) is 8.13. The number of benzene rings is 2. The van der Waals surface area contributed by atoms with Crippen LogP contribution in [0.1, 0.15) is 11.1 Å². The number of ether oxygens (including phenoxy) is 1. The van der Waals surface area contributed by atoms with Crippen molar-refractivity contribution in [3.8, 4) is 0 Å². The molecule has 1 aliphatic heterocycles. The molecule has 0 saturated carbocycles. The van der Waals surface area contributed by atoms with E-state index in [0.29, 0.717) is 13.1 Å². The van der Waals surface area contributed by atoms with Crippen LogP contribution in [0.3, 0.4) is 0 Å². The van der Waals surface area contributed by atoms with Gasteiger partial charge in [-0.2, -0.15) is 0 Å². The zero-order valence-corrected chi connectivity index (χ0v) is 13.4. The van der Waals surface area contributed by atoms with E-state index in [2.05, 4.69) is 0 Å². The molecule has 0 radical (unpaired) electrons. The van der Waals surface area contributed by atoms with Crippen molar-refractivity contribution in [1.82, 2.24) is 4.90 Å². The van der Waals surface area contributed by atoms with Gasteiger partial charge in [0.2, 0.25) is 0 Å². The quantitative estimate of drug-likeness (QED) is 0.741. The molecule has 0 spiro atoms. The number of hydrogen-bond acceptors (Lipinski definition) is 5. The molecule has 1 heterocycles. The van der Waals surface area contributed by atoms with E-state index >= 15 is 0 Å². The molecule has 24 heavy (non-hydrogen) atoms. The molecule has 0 aliphatic carbocycles. The fourth-order valence-electron chi connectivity index (χ4n) is 3.23. The first-order chi connectivity index (χ1) is 11.7. The van der Waals surface area contributed by atoms with Crippen molar-refractivity contribution in [2.24, 2.45) is 0 Å². The molecule has 2 aromatic carbocycles. The summed E-state index contributed by atoms with van der Waals surface area (Å²) < 4.78 is 5.31. The Labute approximate surface area is 141 Å². The number of hydrogen-bond donors (Lipinski definition) is 3. The van der Waals surface area contributed by atoms with Gasteiger partial charge < -0.3 is 20.1 Å². The van der Waals surface area contributed by atoms with Gasteiger partial charge in [-0.3, -0.25) is 4.90 Å². The third kappa shape index (κ3) is 3.83. The van der Waals surface area contributed by atoms with E-state index < -0.39 is 24.5 Å². The normalized spacial score (nSPS) is 26.8.